The molecule has 0 amide bonds. The van der Waals surface area contributed by atoms with E-state index < -0.39 is 21.1 Å². The maximum Gasteiger partial charge on any atom is 0.316 e. The number of benzene rings is 2. The van der Waals surface area contributed by atoms with E-state index in [9.17, 15) is 18.0 Å². The molecule has 0 radical (unpaired) electrons. The molecule has 2 aromatic carbocycles. The number of sulfonamides is 1. The van der Waals surface area contributed by atoms with Gasteiger partial charge in [0.05, 0.1) is 21.6 Å². The molecule has 3 rings (SSSR count). The first-order valence-electron chi connectivity index (χ1n) is 8.33. The highest BCUT2D eigenvalue weighted by molar-refractivity contribution is 7.92. The van der Waals surface area contributed by atoms with Crippen molar-refractivity contribution in [2.75, 3.05) is 4.72 Å². The predicted octanol–water partition coefficient (Wildman–Crippen LogP) is 1.96. The van der Waals surface area contributed by atoms with E-state index in [1.807, 2.05) is 13.8 Å². The topological polar surface area (TPSA) is 90.2 Å². The van der Waals surface area contributed by atoms with Crippen LogP contribution in [0.15, 0.2) is 44.8 Å². The van der Waals surface area contributed by atoms with Gasteiger partial charge in [-0.25, -0.2) is 8.42 Å². The normalized spacial score (nSPS) is 11.7. The second-order valence-electron chi connectivity index (χ2n) is 6.74. The summed E-state index contributed by atoms with van der Waals surface area (Å²) in [6.45, 7) is 5.51. The molecule has 8 heteroatoms. The highest BCUT2D eigenvalue weighted by Gasteiger charge is 2.18. The van der Waals surface area contributed by atoms with Crippen molar-refractivity contribution in [1.82, 2.24) is 9.13 Å². The van der Waals surface area contributed by atoms with Crippen molar-refractivity contribution in [3.8, 4) is 0 Å². The summed E-state index contributed by atoms with van der Waals surface area (Å²) in [5, 5.41) is 0. The summed E-state index contributed by atoms with van der Waals surface area (Å²) in [5.74, 6) is 0. The lowest BCUT2D eigenvalue weighted by atomic mass is 10.1. The molecule has 0 aliphatic heterocycles. The Labute approximate surface area is 156 Å². The fourth-order valence-corrected chi connectivity index (χ4v) is 4.13. The number of aryl methyl sites for hydroxylation is 5. The van der Waals surface area contributed by atoms with E-state index in [0.29, 0.717) is 22.3 Å². The molecule has 1 N–H and O–H groups in total. The summed E-state index contributed by atoms with van der Waals surface area (Å²) in [6, 6.07) is 8.20. The van der Waals surface area contributed by atoms with Crippen LogP contribution in [0.25, 0.3) is 11.0 Å². The Morgan fingerprint density at radius 3 is 1.89 bits per heavy atom. The lowest BCUT2D eigenvalue weighted by Crippen LogP contribution is -2.39. The Morgan fingerprint density at radius 1 is 0.778 bits per heavy atom. The first-order chi connectivity index (χ1) is 12.5. The molecule has 0 atom stereocenters. The van der Waals surface area contributed by atoms with Crippen LogP contribution in [0.2, 0.25) is 0 Å². The second kappa shape index (κ2) is 6.38. The zero-order valence-corrected chi connectivity index (χ0v) is 16.6. The summed E-state index contributed by atoms with van der Waals surface area (Å²) in [7, 11) is -0.784. The van der Waals surface area contributed by atoms with Crippen LogP contribution in [-0.2, 0) is 24.1 Å². The van der Waals surface area contributed by atoms with E-state index in [1.165, 1.54) is 23.2 Å². The molecular formula is C19H21N3O4S. The molecule has 1 heterocycles. The quantitative estimate of drug-likeness (QED) is 0.696. The van der Waals surface area contributed by atoms with Crippen molar-refractivity contribution in [3.63, 3.8) is 0 Å². The Balaban J connectivity index is 2.17. The molecule has 0 aliphatic carbocycles. The molecular weight excluding hydrogens is 366 g/mol. The number of rotatable bonds is 3. The smallest absolute Gasteiger partial charge is 0.305 e. The number of anilines is 1. The van der Waals surface area contributed by atoms with E-state index in [1.54, 1.807) is 37.3 Å². The van der Waals surface area contributed by atoms with Gasteiger partial charge in [-0.2, -0.15) is 0 Å². The summed E-state index contributed by atoms with van der Waals surface area (Å²) in [6.07, 6.45) is 0. The molecule has 7 nitrogen and oxygen atoms in total. The minimum absolute atomic E-state index is 0.166. The van der Waals surface area contributed by atoms with Crippen molar-refractivity contribution in [1.29, 1.82) is 0 Å². The molecule has 27 heavy (non-hydrogen) atoms. The molecule has 0 spiro atoms. The minimum Gasteiger partial charge on any atom is -0.305 e. The number of aromatic nitrogens is 2. The Kier molecular flexibility index (Phi) is 4.47. The molecule has 3 aromatic rings. The van der Waals surface area contributed by atoms with Crippen molar-refractivity contribution >= 4 is 26.7 Å². The third-order valence-electron chi connectivity index (χ3n) is 4.87. The number of nitrogens with one attached hydrogen (secondary N) is 1. The van der Waals surface area contributed by atoms with Crippen LogP contribution in [0.4, 0.5) is 5.69 Å². The zero-order chi connectivity index (χ0) is 20.1. The summed E-state index contributed by atoms with van der Waals surface area (Å²) in [5.41, 5.74) is 2.60. The Bertz CT molecular complexity index is 1300. The van der Waals surface area contributed by atoms with Gasteiger partial charge in [0.1, 0.15) is 0 Å². The van der Waals surface area contributed by atoms with Gasteiger partial charge in [0.15, 0.2) is 0 Å². The number of nitrogens with zero attached hydrogens (tertiary/aromatic N) is 2. The van der Waals surface area contributed by atoms with Gasteiger partial charge >= 0.3 is 11.1 Å². The van der Waals surface area contributed by atoms with Crippen LogP contribution >= 0.6 is 0 Å². The van der Waals surface area contributed by atoms with Crippen LogP contribution < -0.4 is 15.8 Å². The highest BCUT2D eigenvalue weighted by atomic mass is 32.2. The highest BCUT2D eigenvalue weighted by Crippen LogP contribution is 2.25. The van der Waals surface area contributed by atoms with Gasteiger partial charge in [-0.05, 0) is 61.7 Å². The third-order valence-corrected chi connectivity index (χ3v) is 6.23. The van der Waals surface area contributed by atoms with E-state index in [0.717, 1.165) is 11.1 Å². The van der Waals surface area contributed by atoms with Crippen LogP contribution in [0, 0.1) is 20.8 Å². The first-order valence-corrected chi connectivity index (χ1v) is 9.81. The van der Waals surface area contributed by atoms with Gasteiger partial charge < -0.3 is 9.13 Å². The van der Waals surface area contributed by atoms with Crippen LogP contribution in [0.1, 0.15) is 16.7 Å². The second-order valence-corrected chi connectivity index (χ2v) is 8.42. The van der Waals surface area contributed by atoms with Crippen LogP contribution in [-0.4, -0.2) is 17.6 Å². The van der Waals surface area contributed by atoms with E-state index in [4.69, 9.17) is 0 Å². The average molecular weight is 387 g/mol. The molecule has 142 valence electrons. The van der Waals surface area contributed by atoms with E-state index in [2.05, 4.69) is 4.72 Å². The fourth-order valence-electron chi connectivity index (χ4n) is 2.92. The molecule has 0 bridgehead atoms. The molecule has 0 fully saturated rings. The largest absolute Gasteiger partial charge is 0.316 e. The number of fused-ring (bicyclic) bond motifs is 1. The summed E-state index contributed by atoms with van der Waals surface area (Å²) in [4.78, 5) is 24.2. The van der Waals surface area contributed by atoms with Crippen molar-refractivity contribution < 1.29 is 8.42 Å². The molecule has 0 unspecified atom stereocenters. The van der Waals surface area contributed by atoms with Crippen molar-refractivity contribution in [3.05, 3.63) is 67.7 Å². The maximum absolute atomic E-state index is 12.8. The van der Waals surface area contributed by atoms with Crippen molar-refractivity contribution in [2.45, 2.75) is 25.7 Å². The SMILES string of the molecule is Cc1ccc(S(=O)(=O)Nc2cc3c(cc2C)n(C)c(=O)c(=O)n3C)cc1C. The van der Waals surface area contributed by atoms with Gasteiger partial charge in [0.25, 0.3) is 10.0 Å². The first kappa shape index (κ1) is 18.9. The summed E-state index contributed by atoms with van der Waals surface area (Å²) < 4.78 is 30.7. The Morgan fingerprint density at radius 2 is 1.33 bits per heavy atom. The molecule has 0 saturated heterocycles. The molecule has 1 aromatic heterocycles. The number of hydrogen-bond donors (Lipinski definition) is 1. The molecule has 0 saturated carbocycles. The average Bonchev–Trinajstić information content (AvgIpc) is 2.61. The predicted molar refractivity (Wildman–Crippen MR) is 106 cm³/mol. The van der Waals surface area contributed by atoms with Gasteiger partial charge in [-0.15, -0.1) is 0 Å². The van der Waals surface area contributed by atoms with Crippen molar-refractivity contribution in [2.24, 2.45) is 14.1 Å². The lowest BCUT2D eigenvalue weighted by Gasteiger charge is -2.15. The van der Waals surface area contributed by atoms with Crippen LogP contribution in [0.5, 0.6) is 0 Å². The summed E-state index contributed by atoms with van der Waals surface area (Å²) >= 11 is 0. The Hall–Kier alpha value is -2.87. The van der Waals surface area contributed by atoms with Gasteiger partial charge in [-0.3, -0.25) is 14.3 Å². The van der Waals surface area contributed by atoms with Gasteiger partial charge in [-0.1, -0.05) is 6.07 Å². The van der Waals surface area contributed by atoms with Gasteiger partial charge in [0, 0.05) is 14.1 Å². The minimum atomic E-state index is -3.79. The maximum atomic E-state index is 12.8. The monoisotopic (exact) mass is 387 g/mol. The fraction of sp³-hybridized carbons (Fsp3) is 0.263. The molecule has 0 aliphatic rings. The lowest BCUT2D eigenvalue weighted by molar-refractivity contribution is 0.601. The van der Waals surface area contributed by atoms with Crippen LogP contribution in [0.3, 0.4) is 0 Å². The number of hydrogen-bond acceptors (Lipinski definition) is 4. The van der Waals surface area contributed by atoms with Gasteiger partial charge in [0.2, 0.25) is 0 Å². The standard InChI is InChI=1S/C19H21N3O4S/c1-11-6-7-14(8-12(11)2)27(25,26)20-15-10-17-16(9-13(15)3)21(4)18(23)19(24)22(17)5/h6-10,20H,1-5H3. The van der Waals surface area contributed by atoms with E-state index in [-0.39, 0.29) is 4.90 Å². The zero-order valence-electron chi connectivity index (χ0n) is 15.8. The van der Waals surface area contributed by atoms with E-state index >= 15 is 0 Å². The third kappa shape index (κ3) is 3.16.